The monoisotopic (exact) mass is 607 g/mol. The maximum Gasteiger partial charge on any atom is 0.227 e. The molecule has 6 rings (SSSR count). The fraction of sp³-hybridized carbons (Fsp3) is 0.771. The molecule has 4 fully saturated rings. The quantitative estimate of drug-likeness (QED) is 0.257. The number of carbonyl (C=O) groups is 1. The van der Waals surface area contributed by atoms with Crippen LogP contribution >= 0.6 is 0 Å². The average molecular weight is 608 g/mol. The topological polar surface area (TPSA) is 113 Å². The summed E-state index contributed by atoms with van der Waals surface area (Å²) in [5, 5.41) is 27.8. The third-order valence-electron chi connectivity index (χ3n) is 11.3. The number of rotatable bonds is 7. The second kappa shape index (κ2) is 15.4. The summed E-state index contributed by atoms with van der Waals surface area (Å²) in [5.74, 6) is 3.30. The van der Waals surface area contributed by atoms with Crippen LogP contribution in [0.2, 0.25) is 0 Å². The molecule has 9 heteroatoms. The highest BCUT2D eigenvalue weighted by Gasteiger charge is 2.38. The van der Waals surface area contributed by atoms with Gasteiger partial charge in [-0.2, -0.15) is 0 Å². The molecule has 0 aromatic heterocycles. The Morgan fingerprint density at radius 3 is 2.66 bits per heavy atom. The van der Waals surface area contributed by atoms with E-state index in [0.717, 1.165) is 93.8 Å². The molecule has 1 aromatic rings. The highest BCUT2D eigenvalue weighted by molar-refractivity contribution is 5.97. The van der Waals surface area contributed by atoms with Crippen molar-refractivity contribution in [2.75, 3.05) is 56.5 Å². The fourth-order valence-electron chi connectivity index (χ4n) is 8.68. The van der Waals surface area contributed by atoms with E-state index in [4.69, 9.17) is 4.99 Å². The van der Waals surface area contributed by atoms with Gasteiger partial charge in [-0.25, -0.2) is 0 Å². The number of nitrogens with zero attached hydrogens (tertiary/aromatic N) is 2. The van der Waals surface area contributed by atoms with E-state index in [1.54, 1.807) is 0 Å². The Balaban J connectivity index is 1.09. The molecule has 4 aliphatic heterocycles. The number of hydrogen-bond donors (Lipinski definition) is 6. The first-order valence-electron chi connectivity index (χ1n) is 17.9. The van der Waals surface area contributed by atoms with Crippen molar-refractivity contribution in [3.63, 3.8) is 0 Å². The normalized spacial score (nSPS) is 32.6. The molecule has 4 heterocycles. The van der Waals surface area contributed by atoms with Gasteiger partial charge >= 0.3 is 0 Å². The van der Waals surface area contributed by atoms with E-state index in [1.165, 1.54) is 51.4 Å². The van der Waals surface area contributed by atoms with Gasteiger partial charge in [-0.15, -0.1) is 0 Å². The van der Waals surface area contributed by atoms with E-state index in [2.05, 4.69) is 50.5 Å². The SMILES string of the molecule is Cc1ccc(NC(=O)C2CCNC(N3CCCC(CO)C3)C2)cc1NC1=NCC(C2CCCCCC2)C(C2CCCNC2)N1. The van der Waals surface area contributed by atoms with Gasteiger partial charge in [0.15, 0.2) is 5.96 Å². The van der Waals surface area contributed by atoms with Crippen LogP contribution in [0.15, 0.2) is 23.2 Å². The van der Waals surface area contributed by atoms with Gasteiger partial charge in [0.2, 0.25) is 5.91 Å². The largest absolute Gasteiger partial charge is 0.396 e. The zero-order valence-corrected chi connectivity index (χ0v) is 27.0. The van der Waals surface area contributed by atoms with Crippen LogP contribution in [0.25, 0.3) is 0 Å². The molecule has 0 spiro atoms. The van der Waals surface area contributed by atoms with Crippen molar-refractivity contribution < 1.29 is 9.90 Å². The number of guanidine groups is 1. The summed E-state index contributed by atoms with van der Waals surface area (Å²) in [6.45, 7) is 8.27. The average Bonchev–Trinajstić information content (AvgIpc) is 3.36. The van der Waals surface area contributed by atoms with Crippen molar-refractivity contribution in [1.29, 1.82) is 0 Å². The summed E-state index contributed by atoms with van der Waals surface area (Å²) in [7, 11) is 0. The van der Waals surface area contributed by atoms with Crippen LogP contribution in [0, 0.1) is 36.5 Å². The van der Waals surface area contributed by atoms with Gasteiger partial charge in [0, 0.05) is 48.9 Å². The van der Waals surface area contributed by atoms with E-state index in [-0.39, 0.29) is 24.6 Å². The Hall–Kier alpha value is -2.20. The third-order valence-corrected chi connectivity index (χ3v) is 11.3. The number of amides is 1. The Morgan fingerprint density at radius 2 is 1.86 bits per heavy atom. The number of nitrogens with one attached hydrogen (secondary N) is 5. The Labute approximate surface area is 264 Å². The van der Waals surface area contributed by atoms with Crippen LogP contribution in [0.5, 0.6) is 0 Å². The predicted octanol–water partition coefficient (Wildman–Crippen LogP) is 4.29. The van der Waals surface area contributed by atoms with Crippen molar-refractivity contribution in [3.05, 3.63) is 23.8 Å². The molecule has 6 N–H and O–H groups in total. The first kappa shape index (κ1) is 31.8. The number of piperidine rings is 3. The number of anilines is 2. The number of carbonyl (C=O) groups excluding carboxylic acids is 1. The lowest BCUT2D eigenvalue weighted by atomic mass is 9.74. The zero-order valence-electron chi connectivity index (χ0n) is 27.0. The number of aliphatic imine (C=N–C) groups is 1. The van der Waals surface area contributed by atoms with Crippen molar-refractivity contribution in [1.82, 2.24) is 20.9 Å². The second-order valence-electron chi connectivity index (χ2n) is 14.4. The molecule has 1 aliphatic carbocycles. The van der Waals surface area contributed by atoms with E-state index >= 15 is 0 Å². The minimum atomic E-state index is -0.0244. The van der Waals surface area contributed by atoms with Crippen molar-refractivity contribution in [2.24, 2.45) is 34.6 Å². The van der Waals surface area contributed by atoms with Gasteiger partial charge in [-0.1, -0.05) is 44.6 Å². The number of aliphatic hydroxyl groups is 1. The van der Waals surface area contributed by atoms with E-state index in [0.29, 0.717) is 23.8 Å². The molecule has 9 nitrogen and oxygen atoms in total. The molecule has 1 amide bonds. The summed E-state index contributed by atoms with van der Waals surface area (Å²) in [6.07, 6.45) is 14.8. The van der Waals surface area contributed by atoms with Crippen molar-refractivity contribution >= 4 is 23.2 Å². The van der Waals surface area contributed by atoms with E-state index in [9.17, 15) is 9.90 Å². The van der Waals surface area contributed by atoms with Gasteiger partial charge in [0.1, 0.15) is 0 Å². The fourth-order valence-corrected chi connectivity index (χ4v) is 8.68. The summed E-state index contributed by atoms with van der Waals surface area (Å²) < 4.78 is 0. The molecular formula is C35H57N7O2. The molecule has 1 saturated carbocycles. The summed E-state index contributed by atoms with van der Waals surface area (Å²) in [6, 6.07) is 6.62. The lowest BCUT2D eigenvalue weighted by Gasteiger charge is -2.42. The van der Waals surface area contributed by atoms with Gasteiger partial charge in [0.05, 0.1) is 6.17 Å². The van der Waals surface area contributed by atoms with E-state index < -0.39 is 0 Å². The maximum atomic E-state index is 13.5. The number of hydrogen-bond acceptors (Lipinski definition) is 8. The van der Waals surface area contributed by atoms with Gasteiger partial charge in [-0.05, 0) is 107 Å². The van der Waals surface area contributed by atoms with Crippen LogP contribution in [0.4, 0.5) is 11.4 Å². The highest BCUT2D eigenvalue weighted by Crippen LogP contribution is 2.36. The van der Waals surface area contributed by atoms with Crippen LogP contribution < -0.4 is 26.6 Å². The molecule has 0 radical (unpaired) electrons. The number of aryl methyl sites for hydroxylation is 1. The predicted molar refractivity (Wildman–Crippen MR) is 179 cm³/mol. The van der Waals surface area contributed by atoms with Gasteiger partial charge in [-0.3, -0.25) is 14.7 Å². The molecule has 6 unspecified atom stereocenters. The summed E-state index contributed by atoms with van der Waals surface area (Å²) in [5.41, 5.74) is 2.96. The lowest BCUT2D eigenvalue weighted by molar-refractivity contribution is -0.121. The molecular weight excluding hydrogens is 550 g/mol. The van der Waals surface area contributed by atoms with Gasteiger partial charge < -0.3 is 31.7 Å². The van der Waals surface area contributed by atoms with E-state index in [1.807, 2.05) is 6.07 Å². The van der Waals surface area contributed by atoms with Crippen LogP contribution in [0.3, 0.4) is 0 Å². The minimum absolute atomic E-state index is 0.0244. The van der Waals surface area contributed by atoms with Crippen LogP contribution in [-0.2, 0) is 4.79 Å². The first-order chi connectivity index (χ1) is 21.6. The Kier molecular flexibility index (Phi) is 11.1. The molecule has 6 atom stereocenters. The standard InChI is InChI=1S/C35H57N7O2/c1-24-12-13-29(39-34(44)27-14-16-37-32(18-27)42-17-7-8-25(22-42)23-43)19-31(24)40-35-38-21-30(26-9-4-2-3-5-10-26)33(41-35)28-11-6-15-36-20-28/h12-13,19,25-28,30,32-33,36-37,43H,2-11,14-18,20-23H2,1H3,(H,39,44)(H2,38,40,41). The maximum absolute atomic E-state index is 13.5. The number of benzene rings is 1. The third kappa shape index (κ3) is 7.95. The highest BCUT2D eigenvalue weighted by atomic mass is 16.3. The summed E-state index contributed by atoms with van der Waals surface area (Å²) >= 11 is 0. The first-order valence-corrected chi connectivity index (χ1v) is 17.9. The summed E-state index contributed by atoms with van der Waals surface area (Å²) in [4.78, 5) is 21.0. The smallest absolute Gasteiger partial charge is 0.227 e. The number of aliphatic hydroxyl groups excluding tert-OH is 1. The van der Waals surface area contributed by atoms with Gasteiger partial charge in [0.25, 0.3) is 0 Å². The lowest BCUT2D eigenvalue weighted by Crippen LogP contribution is -2.56. The van der Waals surface area contributed by atoms with Crippen LogP contribution in [0.1, 0.15) is 82.6 Å². The zero-order chi connectivity index (χ0) is 30.3. The Morgan fingerprint density at radius 1 is 1.02 bits per heavy atom. The minimum Gasteiger partial charge on any atom is -0.396 e. The second-order valence-corrected chi connectivity index (χ2v) is 14.4. The molecule has 3 saturated heterocycles. The molecule has 244 valence electrons. The number of likely N-dealkylation sites (tertiary alicyclic amines) is 1. The van der Waals surface area contributed by atoms with Crippen molar-refractivity contribution in [3.8, 4) is 0 Å². The molecule has 5 aliphatic rings. The van der Waals surface area contributed by atoms with Crippen LogP contribution in [-0.4, -0.2) is 80.0 Å². The molecule has 1 aromatic carbocycles. The molecule has 44 heavy (non-hydrogen) atoms. The van der Waals surface area contributed by atoms with Crippen molar-refractivity contribution in [2.45, 2.75) is 96.2 Å². The molecule has 0 bridgehead atoms. The Bertz CT molecular complexity index is 1110.